The van der Waals surface area contributed by atoms with Crippen LogP contribution in [0.4, 0.5) is 5.69 Å². The Morgan fingerprint density at radius 2 is 2.07 bits per heavy atom. The van der Waals surface area contributed by atoms with Crippen LogP contribution in [0.2, 0.25) is 0 Å². The lowest BCUT2D eigenvalue weighted by molar-refractivity contribution is 0.425. The van der Waals surface area contributed by atoms with Gasteiger partial charge in [-0.15, -0.1) is 11.3 Å². The molecule has 1 aliphatic carbocycles. The molecule has 1 N–H and O–H groups in total. The van der Waals surface area contributed by atoms with Gasteiger partial charge in [-0.25, -0.2) is 4.98 Å². The third-order valence-electron chi connectivity index (χ3n) is 6.20. The topological polar surface area (TPSA) is 37.8 Å². The van der Waals surface area contributed by atoms with Crippen LogP contribution in [0.5, 0.6) is 0 Å². The number of benzene rings is 2. The molecule has 2 aliphatic rings. The number of nitrogens with zero attached hydrogens (tertiary/aromatic N) is 2. The Kier molecular flexibility index (Phi) is 3.81. The van der Waals surface area contributed by atoms with E-state index in [2.05, 4.69) is 71.8 Å². The highest BCUT2D eigenvalue weighted by Gasteiger charge is 2.38. The van der Waals surface area contributed by atoms with Gasteiger partial charge >= 0.3 is 0 Å². The monoisotopic (exact) mass is 395 g/mol. The number of rotatable bonds is 2. The summed E-state index contributed by atoms with van der Waals surface area (Å²) in [5.41, 5.74) is 7.46. The minimum Gasteiger partial charge on any atom is -0.378 e. The first kappa shape index (κ1) is 16.9. The second kappa shape index (κ2) is 6.53. The first-order chi connectivity index (χ1) is 14.3. The standard InChI is InChI=1S/C25H21N3S/c1-15-7-9-22-23(12-15)29-25(28-22)16-8-10-21-20(13-16)18-5-2-6-19(18)24(27-21)17-4-3-11-26-14-17/h2-5,7-14,18-19,24,27H,6H2,1H3/t18?,19?,24-/m0/s1. The molecule has 0 bridgehead atoms. The Morgan fingerprint density at radius 1 is 1.10 bits per heavy atom. The van der Waals surface area contributed by atoms with E-state index in [-0.39, 0.29) is 0 Å². The van der Waals surface area contributed by atoms with Crippen LogP contribution in [0.3, 0.4) is 0 Å². The maximum atomic E-state index is 4.89. The molecule has 2 aromatic heterocycles. The van der Waals surface area contributed by atoms with Crippen molar-refractivity contribution in [1.82, 2.24) is 9.97 Å². The fraction of sp³-hybridized carbons (Fsp3) is 0.200. The number of hydrogen-bond donors (Lipinski definition) is 1. The number of thiazole rings is 1. The molecule has 0 radical (unpaired) electrons. The minimum atomic E-state index is 0.299. The summed E-state index contributed by atoms with van der Waals surface area (Å²) in [5.74, 6) is 0.966. The lowest BCUT2D eigenvalue weighted by Crippen LogP contribution is -2.29. The Hall–Kier alpha value is -2.98. The van der Waals surface area contributed by atoms with Gasteiger partial charge in [0, 0.05) is 29.6 Å². The van der Waals surface area contributed by atoms with Gasteiger partial charge in [-0.2, -0.15) is 0 Å². The number of fused-ring (bicyclic) bond motifs is 4. The van der Waals surface area contributed by atoms with E-state index in [9.17, 15) is 0 Å². The van der Waals surface area contributed by atoms with Gasteiger partial charge < -0.3 is 5.32 Å². The Morgan fingerprint density at radius 3 is 2.97 bits per heavy atom. The summed E-state index contributed by atoms with van der Waals surface area (Å²) >= 11 is 1.78. The third-order valence-corrected chi connectivity index (χ3v) is 7.26. The number of aryl methyl sites for hydroxylation is 1. The fourth-order valence-corrected chi connectivity index (χ4v) is 5.83. The van der Waals surface area contributed by atoms with E-state index in [4.69, 9.17) is 4.98 Å². The molecule has 0 saturated heterocycles. The average molecular weight is 396 g/mol. The molecule has 1 aliphatic heterocycles. The predicted molar refractivity (Wildman–Crippen MR) is 120 cm³/mol. The van der Waals surface area contributed by atoms with E-state index >= 15 is 0 Å². The van der Waals surface area contributed by atoms with Crippen LogP contribution in [0, 0.1) is 12.8 Å². The van der Waals surface area contributed by atoms with Gasteiger partial charge in [0.25, 0.3) is 0 Å². The SMILES string of the molecule is Cc1ccc2nc(-c3ccc4c(c3)C3C=CCC3[C@H](c3cccnc3)N4)sc2c1. The van der Waals surface area contributed by atoms with Crippen LogP contribution in [0.15, 0.2) is 73.1 Å². The Balaban J connectivity index is 1.42. The van der Waals surface area contributed by atoms with E-state index in [0.717, 1.165) is 16.9 Å². The van der Waals surface area contributed by atoms with E-state index < -0.39 is 0 Å². The lowest BCUT2D eigenvalue weighted by Gasteiger charge is -2.37. The van der Waals surface area contributed by atoms with E-state index in [1.54, 1.807) is 11.3 Å². The Labute approximate surface area is 174 Å². The quantitative estimate of drug-likeness (QED) is 0.394. The van der Waals surface area contributed by atoms with Crippen LogP contribution in [-0.4, -0.2) is 9.97 Å². The third kappa shape index (κ3) is 2.78. The molecule has 0 amide bonds. The molecule has 3 heterocycles. The van der Waals surface area contributed by atoms with Crippen LogP contribution in [0.1, 0.15) is 35.1 Å². The number of allylic oxidation sites excluding steroid dienone is 2. The molecule has 0 spiro atoms. The molecule has 3 nitrogen and oxygen atoms in total. The zero-order valence-corrected chi connectivity index (χ0v) is 17.0. The zero-order valence-electron chi connectivity index (χ0n) is 16.2. The number of pyridine rings is 1. The van der Waals surface area contributed by atoms with Crippen molar-refractivity contribution in [3.05, 3.63) is 89.8 Å². The molecular formula is C25H21N3S. The highest BCUT2D eigenvalue weighted by Crippen LogP contribution is 2.50. The second-order valence-corrected chi connectivity index (χ2v) is 9.08. The molecule has 4 heteroatoms. The largest absolute Gasteiger partial charge is 0.378 e. The summed E-state index contributed by atoms with van der Waals surface area (Å²) in [5, 5.41) is 4.90. The molecule has 6 rings (SSSR count). The fourth-order valence-electron chi connectivity index (χ4n) is 4.77. The zero-order chi connectivity index (χ0) is 19.4. The van der Waals surface area contributed by atoms with Crippen LogP contribution in [0.25, 0.3) is 20.8 Å². The van der Waals surface area contributed by atoms with Crippen molar-refractivity contribution < 1.29 is 0 Å². The van der Waals surface area contributed by atoms with Gasteiger partial charge in [0.2, 0.25) is 0 Å². The van der Waals surface area contributed by atoms with Crippen LogP contribution in [-0.2, 0) is 0 Å². The van der Waals surface area contributed by atoms with E-state index in [0.29, 0.717) is 17.9 Å². The van der Waals surface area contributed by atoms with E-state index in [1.165, 1.54) is 32.6 Å². The van der Waals surface area contributed by atoms with Crippen molar-refractivity contribution in [2.45, 2.75) is 25.3 Å². The highest BCUT2D eigenvalue weighted by molar-refractivity contribution is 7.21. The molecule has 142 valence electrons. The molecule has 2 aromatic carbocycles. The highest BCUT2D eigenvalue weighted by atomic mass is 32.1. The number of aromatic nitrogens is 2. The van der Waals surface area contributed by atoms with Crippen molar-refractivity contribution >= 4 is 27.2 Å². The van der Waals surface area contributed by atoms with Crippen molar-refractivity contribution in [2.75, 3.05) is 5.32 Å². The molecule has 3 atom stereocenters. The first-order valence-corrected chi connectivity index (χ1v) is 10.9. The van der Waals surface area contributed by atoms with Crippen molar-refractivity contribution in [1.29, 1.82) is 0 Å². The van der Waals surface area contributed by atoms with Gasteiger partial charge in [-0.05, 0) is 72.4 Å². The number of nitrogens with one attached hydrogen (secondary N) is 1. The van der Waals surface area contributed by atoms with Gasteiger partial charge in [-0.1, -0.05) is 24.3 Å². The summed E-state index contributed by atoms with van der Waals surface area (Å²) in [6, 6.07) is 17.8. The average Bonchev–Trinajstić information content (AvgIpc) is 3.40. The van der Waals surface area contributed by atoms with E-state index in [1.807, 2.05) is 18.5 Å². The van der Waals surface area contributed by atoms with Crippen molar-refractivity contribution in [2.24, 2.45) is 5.92 Å². The number of hydrogen-bond acceptors (Lipinski definition) is 4. The van der Waals surface area contributed by atoms with Gasteiger partial charge in [0.1, 0.15) is 5.01 Å². The Bertz CT molecular complexity index is 1240. The smallest absolute Gasteiger partial charge is 0.124 e. The van der Waals surface area contributed by atoms with Crippen LogP contribution < -0.4 is 5.32 Å². The van der Waals surface area contributed by atoms with Crippen LogP contribution >= 0.6 is 11.3 Å². The molecular weight excluding hydrogens is 374 g/mol. The van der Waals surface area contributed by atoms with Crippen molar-refractivity contribution in [3.8, 4) is 10.6 Å². The summed E-state index contributed by atoms with van der Waals surface area (Å²) in [7, 11) is 0. The molecule has 2 unspecified atom stereocenters. The minimum absolute atomic E-state index is 0.299. The second-order valence-electron chi connectivity index (χ2n) is 8.05. The maximum Gasteiger partial charge on any atom is 0.124 e. The maximum absolute atomic E-state index is 4.89. The predicted octanol–water partition coefficient (Wildman–Crippen LogP) is 6.49. The molecule has 0 fully saturated rings. The van der Waals surface area contributed by atoms with Crippen molar-refractivity contribution in [3.63, 3.8) is 0 Å². The summed E-state index contributed by atoms with van der Waals surface area (Å²) < 4.78 is 1.26. The van der Waals surface area contributed by atoms with Gasteiger partial charge in [0.15, 0.2) is 0 Å². The first-order valence-electron chi connectivity index (χ1n) is 10.1. The molecule has 0 saturated carbocycles. The summed E-state index contributed by atoms with van der Waals surface area (Å²) in [6.07, 6.45) is 9.66. The van der Waals surface area contributed by atoms with Gasteiger partial charge in [0.05, 0.1) is 16.3 Å². The summed E-state index contributed by atoms with van der Waals surface area (Å²) in [4.78, 5) is 9.24. The molecule has 4 aromatic rings. The number of anilines is 1. The normalized spacial score (nSPS) is 22.3. The lowest BCUT2D eigenvalue weighted by atomic mass is 9.77. The van der Waals surface area contributed by atoms with Gasteiger partial charge in [-0.3, -0.25) is 4.98 Å². The summed E-state index contributed by atoms with van der Waals surface area (Å²) in [6.45, 7) is 2.13. The molecule has 29 heavy (non-hydrogen) atoms.